The number of carbonyl (C=O) groups excluding carboxylic acids is 2. The number of ether oxygens (including phenoxy) is 2. The lowest BCUT2D eigenvalue weighted by Gasteiger charge is -2.62. The summed E-state index contributed by atoms with van der Waals surface area (Å²) >= 11 is 0. The highest BCUT2D eigenvalue weighted by molar-refractivity contribution is 5.81. The molecule has 1 N–H and O–H groups in total. The second kappa shape index (κ2) is 14.4. The highest BCUT2D eigenvalue weighted by Crippen LogP contribution is 2.69. The van der Waals surface area contributed by atoms with E-state index in [9.17, 15) is 19.5 Å². The predicted octanol–water partition coefficient (Wildman–Crippen LogP) is 8.58. The molecule has 274 valence electrons. The quantitative estimate of drug-likeness (QED) is 0.195. The van der Waals surface area contributed by atoms with Crippen LogP contribution in [0.3, 0.4) is 0 Å². The number of anilines is 1. The van der Waals surface area contributed by atoms with E-state index in [-0.39, 0.29) is 60.0 Å². The van der Waals surface area contributed by atoms with Gasteiger partial charge in [-0.05, 0) is 116 Å². The molecule has 0 spiro atoms. The van der Waals surface area contributed by atoms with E-state index in [1.165, 1.54) is 6.08 Å². The van der Waals surface area contributed by atoms with Gasteiger partial charge in [-0.25, -0.2) is 9.86 Å². The SMILES string of the molecule is C=CC(=O)O[C@H]1C[C@H]2[C@@H](CC[C@@H]3C[C@H](OC(=O)[C@H]4CON(c5ccccc5)[C@@H]4c4ccccc4)CC[C@@]32C)[C@@H]2CC[C@H]([C@H](C)CCC(=O)O)[C@@]12C. The van der Waals surface area contributed by atoms with E-state index in [4.69, 9.17) is 14.3 Å². The number of hydrogen-bond donors (Lipinski definition) is 1. The number of carboxylic acids is 1. The molecule has 0 amide bonds. The Hall–Kier alpha value is -3.65. The van der Waals surface area contributed by atoms with Gasteiger partial charge in [0.2, 0.25) is 0 Å². The molecule has 51 heavy (non-hydrogen) atoms. The molecule has 7 rings (SSSR count). The number of nitrogens with zero attached hydrogens (tertiary/aromatic N) is 1. The molecule has 1 saturated heterocycles. The summed E-state index contributed by atoms with van der Waals surface area (Å²) in [5, 5.41) is 11.3. The fourth-order valence-corrected chi connectivity index (χ4v) is 11.9. The van der Waals surface area contributed by atoms with Crippen molar-refractivity contribution in [1.82, 2.24) is 0 Å². The van der Waals surface area contributed by atoms with Crippen LogP contribution in [0.1, 0.15) is 96.6 Å². The standard InChI is InChI=1S/C43H55NO7/c1-5-39(47)51-37-25-36-32(35-20-19-34(43(35,37)4)27(2)16-21-38(45)46)18-17-29-24-31(22-23-42(29,36)3)50-41(48)33-26-49-44(30-14-10-7-11-15-30)40(33)28-12-8-6-9-13-28/h5-15,27,29,31-37,40H,1,16-26H2,2-4H3,(H,45,46)/t27-,29-,31-,32+,33+,34-,35+,36+,37+,40-,42+,43-/m1/s1. The van der Waals surface area contributed by atoms with Gasteiger partial charge in [-0.2, -0.15) is 0 Å². The highest BCUT2D eigenvalue weighted by Gasteiger charge is 2.65. The van der Waals surface area contributed by atoms with Gasteiger partial charge in [0.05, 0.1) is 18.3 Å². The Balaban J connectivity index is 1.07. The van der Waals surface area contributed by atoms with Crippen molar-refractivity contribution < 1.29 is 33.8 Å². The van der Waals surface area contributed by atoms with Gasteiger partial charge in [-0.3, -0.25) is 14.4 Å². The molecular weight excluding hydrogens is 642 g/mol. The Morgan fingerprint density at radius 1 is 0.961 bits per heavy atom. The minimum atomic E-state index is -0.755. The van der Waals surface area contributed by atoms with Crippen LogP contribution in [0, 0.1) is 52.3 Å². The number of esters is 2. The number of hydrogen-bond acceptors (Lipinski definition) is 7. The fourth-order valence-electron chi connectivity index (χ4n) is 11.9. The molecule has 1 aliphatic heterocycles. The van der Waals surface area contributed by atoms with Crippen molar-refractivity contribution in [2.24, 2.45) is 52.3 Å². The lowest BCUT2D eigenvalue weighted by atomic mass is 9.43. The number of benzene rings is 2. The number of carboxylic acid groups (broad SMARTS) is 1. The van der Waals surface area contributed by atoms with Crippen LogP contribution in [0.25, 0.3) is 0 Å². The van der Waals surface area contributed by atoms with E-state index in [0.717, 1.165) is 62.6 Å². The van der Waals surface area contributed by atoms with Gasteiger partial charge in [0.15, 0.2) is 0 Å². The zero-order chi connectivity index (χ0) is 35.9. The largest absolute Gasteiger partial charge is 0.481 e. The van der Waals surface area contributed by atoms with Gasteiger partial charge in [0, 0.05) is 17.9 Å². The second-order valence-corrected chi connectivity index (χ2v) is 16.7. The summed E-state index contributed by atoms with van der Waals surface area (Å²) in [4.78, 5) is 44.5. The monoisotopic (exact) mass is 697 g/mol. The van der Waals surface area contributed by atoms with Crippen LogP contribution >= 0.6 is 0 Å². The molecule has 8 nitrogen and oxygen atoms in total. The summed E-state index contributed by atoms with van der Waals surface area (Å²) in [6.07, 6.45) is 9.56. The summed E-state index contributed by atoms with van der Waals surface area (Å²) in [6, 6.07) is 19.8. The third-order valence-electron chi connectivity index (χ3n) is 14.5. The molecule has 5 aliphatic rings. The minimum Gasteiger partial charge on any atom is -0.481 e. The minimum absolute atomic E-state index is 0.0617. The molecule has 4 aliphatic carbocycles. The molecule has 0 unspecified atom stereocenters. The number of carbonyl (C=O) groups is 3. The Bertz CT molecular complexity index is 1580. The van der Waals surface area contributed by atoms with Crippen LogP contribution in [-0.2, 0) is 28.7 Å². The first-order chi connectivity index (χ1) is 24.5. The van der Waals surface area contributed by atoms with Crippen LogP contribution < -0.4 is 5.06 Å². The molecule has 0 bridgehead atoms. The molecule has 8 heteroatoms. The molecule has 0 radical (unpaired) electrons. The maximum absolute atomic E-state index is 14.0. The van der Waals surface area contributed by atoms with Gasteiger partial charge >= 0.3 is 17.9 Å². The topological polar surface area (TPSA) is 102 Å². The van der Waals surface area contributed by atoms with E-state index in [1.807, 2.05) is 53.6 Å². The molecule has 2 aromatic rings. The van der Waals surface area contributed by atoms with Gasteiger partial charge < -0.3 is 14.6 Å². The van der Waals surface area contributed by atoms with Gasteiger partial charge in [0.1, 0.15) is 18.1 Å². The smallest absolute Gasteiger partial charge is 0.330 e. The molecule has 4 saturated carbocycles. The van der Waals surface area contributed by atoms with E-state index in [0.29, 0.717) is 36.0 Å². The zero-order valence-corrected chi connectivity index (χ0v) is 30.5. The van der Waals surface area contributed by atoms with Crippen molar-refractivity contribution in [3.63, 3.8) is 0 Å². The van der Waals surface area contributed by atoms with E-state index in [2.05, 4.69) is 39.5 Å². The van der Waals surface area contributed by atoms with E-state index in [1.54, 1.807) is 0 Å². The average Bonchev–Trinajstić information content (AvgIpc) is 3.74. The van der Waals surface area contributed by atoms with E-state index >= 15 is 0 Å². The molecule has 2 aromatic carbocycles. The molecule has 5 fully saturated rings. The third-order valence-corrected chi connectivity index (χ3v) is 14.5. The van der Waals surface area contributed by atoms with Crippen molar-refractivity contribution in [3.8, 4) is 0 Å². The lowest BCUT2D eigenvalue weighted by Crippen LogP contribution is -2.59. The number of hydroxylamine groups is 1. The summed E-state index contributed by atoms with van der Waals surface area (Å²) in [6.45, 7) is 11.0. The lowest BCUT2D eigenvalue weighted by molar-refractivity contribution is -0.197. The molecular formula is C43H55NO7. The first kappa shape index (κ1) is 35.7. The molecule has 1 heterocycles. The van der Waals surface area contributed by atoms with E-state index < -0.39 is 11.9 Å². The molecule has 0 aromatic heterocycles. The Kier molecular flexibility index (Phi) is 10.1. The van der Waals surface area contributed by atoms with Crippen LogP contribution in [0.5, 0.6) is 0 Å². The average molecular weight is 698 g/mol. The van der Waals surface area contributed by atoms with Crippen LogP contribution in [-0.4, -0.2) is 41.8 Å². The van der Waals surface area contributed by atoms with Crippen molar-refractivity contribution in [2.75, 3.05) is 11.7 Å². The van der Waals surface area contributed by atoms with Crippen LogP contribution in [0.15, 0.2) is 73.3 Å². The third kappa shape index (κ3) is 6.51. The Labute approximate surface area is 302 Å². The number of aliphatic carboxylic acids is 1. The van der Waals surface area contributed by atoms with Crippen molar-refractivity contribution in [3.05, 3.63) is 78.9 Å². The fraction of sp³-hybridized carbons (Fsp3) is 0.605. The summed E-state index contributed by atoms with van der Waals surface area (Å²) < 4.78 is 12.7. The van der Waals surface area contributed by atoms with Gasteiger partial charge in [-0.1, -0.05) is 75.9 Å². The Morgan fingerprint density at radius 3 is 2.39 bits per heavy atom. The second-order valence-electron chi connectivity index (χ2n) is 16.7. The van der Waals surface area contributed by atoms with Crippen LogP contribution in [0.4, 0.5) is 5.69 Å². The molecule has 12 atom stereocenters. The maximum Gasteiger partial charge on any atom is 0.330 e. The first-order valence-electron chi connectivity index (χ1n) is 19.3. The Morgan fingerprint density at radius 2 is 1.69 bits per heavy atom. The summed E-state index contributed by atoms with van der Waals surface area (Å²) in [5.41, 5.74) is 1.80. The van der Waals surface area contributed by atoms with Crippen molar-refractivity contribution in [1.29, 1.82) is 0 Å². The number of fused-ring (bicyclic) bond motifs is 5. The maximum atomic E-state index is 14.0. The highest BCUT2D eigenvalue weighted by atomic mass is 16.7. The van der Waals surface area contributed by atoms with Gasteiger partial charge in [0.25, 0.3) is 0 Å². The summed E-state index contributed by atoms with van der Waals surface area (Å²) in [5.74, 6) is 0.578. The normalized spacial score (nSPS) is 37.7. The number of para-hydroxylation sites is 1. The predicted molar refractivity (Wildman–Crippen MR) is 194 cm³/mol. The first-order valence-corrected chi connectivity index (χ1v) is 19.3. The van der Waals surface area contributed by atoms with Gasteiger partial charge in [-0.15, -0.1) is 0 Å². The zero-order valence-electron chi connectivity index (χ0n) is 30.5. The van der Waals surface area contributed by atoms with Crippen LogP contribution in [0.2, 0.25) is 0 Å². The number of rotatable bonds is 10. The van der Waals surface area contributed by atoms with Crippen molar-refractivity contribution >= 4 is 23.6 Å². The van der Waals surface area contributed by atoms with Crippen molar-refractivity contribution in [2.45, 2.75) is 103 Å². The summed E-state index contributed by atoms with van der Waals surface area (Å²) in [7, 11) is 0.